The summed E-state index contributed by atoms with van der Waals surface area (Å²) in [5, 5.41) is 0. The van der Waals surface area contributed by atoms with Crippen molar-refractivity contribution in [1.82, 2.24) is 14.7 Å². The fraction of sp³-hybridized carbons (Fsp3) is 0.550. The molecule has 1 aromatic carbocycles. The number of rotatable bonds is 5. The summed E-state index contributed by atoms with van der Waals surface area (Å²) < 4.78 is 11.8. The Kier molecular flexibility index (Phi) is 5.21. The summed E-state index contributed by atoms with van der Waals surface area (Å²) in [7, 11) is 0. The summed E-state index contributed by atoms with van der Waals surface area (Å²) in [5.41, 5.74) is 0. The van der Waals surface area contributed by atoms with E-state index in [9.17, 15) is 14.4 Å². The normalized spacial score (nSPS) is 25.5. The van der Waals surface area contributed by atoms with Crippen LogP contribution in [-0.2, 0) is 9.59 Å². The number of imide groups is 2. The molecule has 150 valence electrons. The molecule has 0 radical (unpaired) electrons. The summed E-state index contributed by atoms with van der Waals surface area (Å²) in [4.78, 5) is 41.5. The molecule has 1 aromatic rings. The second kappa shape index (κ2) is 7.79. The molecule has 3 aliphatic rings. The van der Waals surface area contributed by atoms with Crippen molar-refractivity contribution >= 4 is 17.8 Å². The molecule has 3 aliphatic heterocycles. The molecule has 8 heteroatoms. The third kappa shape index (κ3) is 3.44. The predicted molar refractivity (Wildman–Crippen MR) is 100 cm³/mol. The van der Waals surface area contributed by atoms with E-state index in [-0.39, 0.29) is 18.7 Å². The molecule has 4 amide bonds. The third-order valence-electron chi connectivity index (χ3n) is 5.41. The molecule has 2 fully saturated rings. The number of amides is 4. The molecule has 0 spiro atoms. The smallest absolute Gasteiger partial charge is 0.334 e. The number of carbonyl (C=O) groups excluding carboxylic acids is 3. The number of para-hydroxylation sites is 2. The molecule has 0 aromatic heterocycles. The van der Waals surface area contributed by atoms with E-state index in [1.165, 1.54) is 0 Å². The highest BCUT2D eigenvalue weighted by Gasteiger charge is 2.48. The molecule has 0 aliphatic carbocycles. The number of ether oxygens (including phenoxy) is 2. The van der Waals surface area contributed by atoms with Gasteiger partial charge in [-0.15, -0.1) is 0 Å². The number of hydrogen-bond acceptors (Lipinski definition) is 6. The lowest BCUT2D eigenvalue weighted by Gasteiger charge is -2.38. The molecule has 2 unspecified atom stereocenters. The highest BCUT2D eigenvalue weighted by atomic mass is 16.6. The quantitative estimate of drug-likeness (QED) is 0.563. The standard InChI is InChI=1S/C20H25N3O5/c1-2-9-22-18(24)19(25)23(20(22)26)14-6-5-10-21(11-14)12-15-13-27-16-7-3-4-8-17(16)28-15/h3-4,7-8,14-15H,2,5-6,9-13H2,1H3. The zero-order valence-electron chi connectivity index (χ0n) is 16.0. The first-order valence-corrected chi connectivity index (χ1v) is 9.88. The Bertz CT molecular complexity index is 783. The first-order valence-electron chi connectivity index (χ1n) is 9.88. The van der Waals surface area contributed by atoms with E-state index in [0.29, 0.717) is 32.5 Å². The van der Waals surface area contributed by atoms with Crippen molar-refractivity contribution in [2.45, 2.75) is 38.3 Å². The maximum Gasteiger partial charge on any atom is 0.334 e. The van der Waals surface area contributed by atoms with Crippen LogP contribution in [0.2, 0.25) is 0 Å². The number of hydrogen-bond donors (Lipinski definition) is 0. The van der Waals surface area contributed by atoms with Gasteiger partial charge in [-0.05, 0) is 37.9 Å². The first-order chi connectivity index (χ1) is 13.6. The molecular weight excluding hydrogens is 362 g/mol. The van der Waals surface area contributed by atoms with Crippen molar-refractivity contribution in [3.63, 3.8) is 0 Å². The summed E-state index contributed by atoms with van der Waals surface area (Å²) in [6.07, 6.45) is 2.09. The SMILES string of the molecule is CCCN1C(=O)C(=O)N(C2CCCN(CC3COc4ccccc4O3)C2)C1=O. The van der Waals surface area contributed by atoms with E-state index in [0.717, 1.165) is 34.3 Å². The van der Waals surface area contributed by atoms with Gasteiger partial charge in [0.2, 0.25) is 0 Å². The van der Waals surface area contributed by atoms with Crippen molar-refractivity contribution in [2.24, 2.45) is 0 Å². The average Bonchev–Trinajstić information content (AvgIpc) is 2.92. The summed E-state index contributed by atoms with van der Waals surface area (Å²) in [5.74, 6) is 0.0807. The van der Waals surface area contributed by atoms with E-state index in [2.05, 4.69) is 4.90 Å². The van der Waals surface area contributed by atoms with E-state index < -0.39 is 17.8 Å². The Hall–Kier alpha value is -2.61. The monoisotopic (exact) mass is 387 g/mol. The number of urea groups is 1. The van der Waals surface area contributed by atoms with Crippen molar-refractivity contribution in [2.75, 3.05) is 32.8 Å². The number of piperidine rings is 1. The van der Waals surface area contributed by atoms with E-state index in [1.807, 2.05) is 31.2 Å². The van der Waals surface area contributed by atoms with E-state index >= 15 is 0 Å². The van der Waals surface area contributed by atoms with Crippen LogP contribution in [0.4, 0.5) is 4.79 Å². The van der Waals surface area contributed by atoms with Gasteiger partial charge in [-0.3, -0.25) is 24.3 Å². The zero-order valence-corrected chi connectivity index (χ0v) is 16.0. The predicted octanol–water partition coefficient (Wildman–Crippen LogP) is 1.49. The lowest BCUT2D eigenvalue weighted by molar-refractivity contribution is -0.144. The van der Waals surface area contributed by atoms with Gasteiger partial charge >= 0.3 is 17.8 Å². The van der Waals surface area contributed by atoms with Crippen LogP contribution in [-0.4, -0.2) is 77.5 Å². The minimum atomic E-state index is -0.704. The van der Waals surface area contributed by atoms with Gasteiger partial charge in [0, 0.05) is 19.6 Å². The Morgan fingerprint density at radius 2 is 1.89 bits per heavy atom. The maximum absolute atomic E-state index is 12.6. The third-order valence-corrected chi connectivity index (χ3v) is 5.41. The van der Waals surface area contributed by atoms with Gasteiger partial charge in [0.25, 0.3) is 0 Å². The second-order valence-electron chi connectivity index (χ2n) is 7.47. The van der Waals surface area contributed by atoms with Crippen LogP contribution in [0, 0.1) is 0 Å². The molecule has 0 bridgehead atoms. The number of benzene rings is 1. The van der Waals surface area contributed by atoms with Crippen LogP contribution in [0.15, 0.2) is 24.3 Å². The Balaban J connectivity index is 1.39. The van der Waals surface area contributed by atoms with Crippen LogP contribution in [0.25, 0.3) is 0 Å². The van der Waals surface area contributed by atoms with E-state index in [1.54, 1.807) is 0 Å². The molecule has 2 atom stereocenters. The van der Waals surface area contributed by atoms with Gasteiger partial charge in [0.05, 0.1) is 6.04 Å². The lowest BCUT2D eigenvalue weighted by atomic mass is 10.0. The molecule has 3 heterocycles. The van der Waals surface area contributed by atoms with Crippen molar-refractivity contribution in [1.29, 1.82) is 0 Å². The van der Waals surface area contributed by atoms with Gasteiger partial charge in [-0.1, -0.05) is 19.1 Å². The molecular formula is C20H25N3O5. The molecule has 0 saturated carbocycles. The summed E-state index contributed by atoms with van der Waals surface area (Å²) >= 11 is 0. The minimum absolute atomic E-state index is 0.114. The largest absolute Gasteiger partial charge is 0.486 e. The summed E-state index contributed by atoms with van der Waals surface area (Å²) in [6.45, 7) is 4.67. The van der Waals surface area contributed by atoms with Gasteiger partial charge in [0.1, 0.15) is 12.7 Å². The topological polar surface area (TPSA) is 79.4 Å². The summed E-state index contributed by atoms with van der Waals surface area (Å²) in [6, 6.07) is 6.82. The Morgan fingerprint density at radius 3 is 2.68 bits per heavy atom. The number of nitrogens with zero attached hydrogens (tertiary/aromatic N) is 3. The van der Waals surface area contributed by atoms with Crippen molar-refractivity contribution in [3.05, 3.63) is 24.3 Å². The van der Waals surface area contributed by atoms with Crippen LogP contribution >= 0.6 is 0 Å². The first kappa shape index (κ1) is 18.7. The fourth-order valence-electron chi connectivity index (χ4n) is 4.11. The molecule has 0 N–H and O–H groups in total. The van der Waals surface area contributed by atoms with Gasteiger partial charge in [-0.2, -0.15) is 0 Å². The van der Waals surface area contributed by atoms with Crippen molar-refractivity contribution in [3.8, 4) is 11.5 Å². The van der Waals surface area contributed by atoms with Crippen LogP contribution in [0.1, 0.15) is 26.2 Å². The van der Waals surface area contributed by atoms with Crippen LogP contribution in [0.3, 0.4) is 0 Å². The zero-order chi connectivity index (χ0) is 19.7. The number of carbonyl (C=O) groups is 3. The fourth-order valence-corrected chi connectivity index (χ4v) is 4.11. The van der Waals surface area contributed by atoms with Gasteiger partial charge in [-0.25, -0.2) is 4.79 Å². The number of fused-ring (bicyclic) bond motifs is 1. The lowest BCUT2D eigenvalue weighted by Crippen LogP contribution is -2.53. The Labute approximate surface area is 164 Å². The van der Waals surface area contributed by atoms with Gasteiger partial charge < -0.3 is 9.47 Å². The highest BCUT2D eigenvalue weighted by molar-refractivity contribution is 6.44. The molecule has 2 saturated heterocycles. The molecule has 4 rings (SSSR count). The highest BCUT2D eigenvalue weighted by Crippen LogP contribution is 2.31. The van der Waals surface area contributed by atoms with E-state index in [4.69, 9.17) is 9.47 Å². The maximum atomic E-state index is 12.6. The van der Waals surface area contributed by atoms with Gasteiger partial charge in [0.15, 0.2) is 11.5 Å². The number of likely N-dealkylation sites (tertiary alicyclic amines) is 1. The van der Waals surface area contributed by atoms with Crippen LogP contribution < -0.4 is 9.47 Å². The molecule has 28 heavy (non-hydrogen) atoms. The average molecular weight is 387 g/mol. The minimum Gasteiger partial charge on any atom is -0.486 e. The van der Waals surface area contributed by atoms with Crippen molar-refractivity contribution < 1.29 is 23.9 Å². The molecule has 8 nitrogen and oxygen atoms in total. The van der Waals surface area contributed by atoms with Crippen LogP contribution in [0.5, 0.6) is 11.5 Å². The Morgan fingerprint density at radius 1 is 1.11 bits per heavy atom. The second-order valence-corrected chi connectivity index (χ2v) is 7.47.